The molecule has 0 radical (unpaired) electrons. The number of carbonyl (C=O) groups excluding carboxylic acids is 2. The number of esters is 1. The lowest BCUT2D eigenvalue weighted by atomic mass is 10.2. The van der Waals surface area contributed by atoms with E-state index in [0.717, 1.165) is 7.11 Å². The minimum Gasteiger partial charge on any atom is -0.467 e. The quantitative estimate of drug-likeness (QED) is 0.575. The highest BCUT2D eigenvalue weighted by Crippen LogP contribution is 2.07. The molecule has 0 aliphatic heterocycles. The van der Waals surface area contributed by atoms with Crippen molar-refractivity contribution in [3.63, 3.8) is 0 Å². The number of alkyl carbamates (subject to hydrolysis) is 1. The summed E-state index contributed by atoms with van der Waals surface area (Å²) in [6.45, 7) is 4.38. The smallest absolute Gasteiger partial charge is 0.408 e. The van der Waals surface area contributed by atoms with Gasteiger partial charge in [-0.3, -0.25) is 0 Å². The molecule has 1 amide bonds. The molecule has 3 N–H and O–H groups in total. The van der Waals surface area contributed by atoms with E-state index in [1.165, 1.54) is 0 Å². The van der Waals surface area contributed by atoms with E-state index in [-0.39, 0.29) is 0 Å². The maximum Gasteiger partial charge on any atom is 0.408 e. The van der Waals surface area contributed by atoms with Crippen LogP contribution in [0.15, 0.2) is 0 Å². The van der Waals surface area contributed by atoms with Gasteiger partial charge in [0.05, 0.1) is 19.8 Å². The molecular weight excluding hydrogens is 230 g/mol. The zero-order valence-electron chi connectivity index (χ0n) is 10.4. The lowest BCUT2D eigenvalue weighted by Crippen LogP contribution is -2.50. The third-order valence-corrected chi connectivity index (χ3v) is 1.72. The van der Waals surface area contributed by atoms with Crippen LogP contribution in [0.25, 0.3) is 0 Å². The monoisotopic (exact) mass is 249 g/mol. The van der Waals surface area contributed by atoms with Crippen molar-refractivity contribution in [1.82, 2.24) is 5.32 Å². The molecule has 7 nitrogen and oxygen atoms in total. The fourth-order valence-electron chi connectivity index (χ4n) is 0.968. The second-order valence-corrected chi connectivity index (χ2v) is 4.40. The van der Waals surface area contributed by atoms with Gasteiger partial charge in [0, 0.05) is 0 Å². The van der Waals surface area contributed by atoms with Gasteiger partial charge in [0.15, 0.2) is 6.10 Å². The molecule has 17 heavy (non-hydrogen) atoms. The lowest BCUT2D eigenvalue weighted by molar-refractivity contribution is -0.152. The molecule has 0 saturated carbocycles. The van der Waals surface area contributed by atoms with Crippen LogP contribution in [-0.4, -0.2) is 53.7 Å². The van der Waals surface area contributed by atoms with E-state index in [4.69, 9.17) is 9.84 Å². The van der Waals surface area contributed by atoms with Crippen molar-refractivity contribution in [2.75, 3.05) is 13.7 Å². The summed E-state index contributed by atoms with van der Waals surface area (Å²) in [5.41, 5.74) is -0.708. The van der Waals surface area contributed by atoms with E-state index in [1.807, 2.05) is 0 Å². The Morgan fingerprint density at radius 3 is 2.24 bits per heavy atom. The zero-order chi connectivity index (χ0) is 13.6. The first-order valence-corrected chi connectivity index (χ1v) is 5.07. The predicted molar refractivity (Wildman–Crippen MR) is 58.3 cm³/mol. The average molecular weight is 249 g/mol. The second-order valence-electron chi connectivity index (χ2n) is 4.40. The van der Waals surface area contributed by atoms with Crippen molar-refractivity contribution in [3.8, 4) is 0 Å². The molecule has 0 heterocycles. The molecule has 0 spiro atoms. The van der Waals surface area contributed by atoms with E-state index in [1.54, 1.807) is 20.8 Å². The first-order valence-electron chi connectivity index (χ1n) is 5.07. The Labute approximate surface area is 99.7 Å². The summed E-state index contributed by atoms with van der Waals surface area (Å²) in [5.74, 6) is -0.944. The van der Waals surface area contributed by atoms with Gasteiger partial charge in [-0.15, -0.1) is 0 Å². The Kier molecular flexibility index (Phi) is 5.90. The van der Waals surface area contributed by atoms with Crippen LogP contribution in [0.4, 0.5) is 4.79 Å². The molecule has 0 aliphatic carbocycles. The van der Waals surface area contributed by atoms with E-state index in [9.17, 15) is 14.7 Å². The molecule has 2 atom stereocenters. The molecule has 0 aromatic heterocycles. The summed E-state index contributed by atoms with van der Waals surface area (Å²) < 4.78 is 9.19. The highest BCUT2D eigenvalue weighted by atomic mass is 16.6. The molecule has 0 rings (SSSR count). The molecule has 100 valence electrons. The Balaban J connectivity index is 4.40. The van der Waals surface area contributed by atoms with Gasteiger partial charge in [-0.25, -0.2) is 9.59 Å². The summed E-state index contributed by atoms with van der Waals surface area (Å²) in [6, 6.07) is -1.17. The van der Waals surface area contributed by atoms with Crippen molar-refractivity contribution in [2.45, 2.75) is 38.5 Å². The lowest BCUT2D eigenvalue weighted by Gasteiger charge is -2.24. The van der Waals surface area contributed by atoms with Gasteiger partial charge >= 0.3 is 12.1 Å². The molecule has 0 aromatic carbocycles. The van der Waals surface area contributed by atoms with Crippen LogP contribution in [0.3, 0.4) is 0 Å². The zero-order valence-corrected chi connectivity index (χ0v) is 10.4. The number of aliphatic hydroxyl groups excluding tert-OH is 2. The van der Waals surface area contributed by atoms with Crippen LogP contribution < -0.4 is 5.32 Å². The van der Waals surface area contributed by atoms with Gasteiger partial charge < -0.3 is 25.0 Å². The maximum absolute atomic E-state index is 11.3. The first kappa shape index (κ1) is 15.7. The van der Waals surface area contributed by atoms with Crippen molar-refractivity contribution < 1.29 is 29.3 Å². The topological polar surface area (TPSA) is 105 Å². The SMILES string of the molecule is COC(=O)[C@@H](O)[C@@H](CO)NC(=O)OC(C)(C)C. The second kappa shape index (κ2) is 6.41. The minimum absolute atomic E-state index is 0.616. The van der Waals surface area contributed by atoms with Crippen LogP contribution in [0, 0.1) is 0 Å². The average Bonchev–Trinajstić information content (AvgIpc) is 2.21. The third-order valence-electron chi connectivity index (χ3n) is 1.72. The normalized spacial score (nSPS) is 14.7. The van der Waals surface area contributed by atoms with Crippen LogP contribution >= 0.6 is 0 Å². The number of carbonyl (C=O) groups is 2. The summed E-state index contributed by atoms with van der Waals surface area (Å²) in [4.78, 5) is 22.3. The molecular formula is C10H19NO6. The van der Waals surface area contributed by atoms with E-state index in [0.29, 0.717) is 0 Å². The largest absolute Gasteiger partial charge is 0.467 e. The standard InChI is InChI=1S/C10H19NO6/c1-10(2,3)17-9(15)11-6(5-12)7(13)8(14)16-4/h6-7,12-13H,5H2,1-4H3,(H,11,15)/t6-,7+/m1/s1. The van der Waals surface area contributed by atoms with Gasteiger partial charge in [-0.2, -0.15) is 0 Å². The van der Waals surface area contributed by atoms with Crippen LogP contribution in [0.1, 0.15) is 20.8 Å². The van der Waals surface area contributed by atoms with Crippen molar-refractivity contribution in [1.29, 1.82) is 0 Å². The van der Waals surface area contributed by atoms with Gasteiger partial charge in [0.1, 0.15) is 5.60 Å². The number of hydrogen-bond acceptors (Lipinski definition) is 6. The van der Waals surface area contributed by atoms with Gasteiger partial charge in [0.25, 0.3) is 0 Å². The van der Waals surface area contributed by atoms with E-state index in [2.05, 4.69) is 10.1 Å². The van der Waals surface area contributed by atoms with E-state index < -0.39 is 36.4 Å². The molecule has 0 unspecified atom stereocenters. The summed E-state index contributed by atoms with van der Waals surface area (Å²) in [6.07, 6.45) is -2.47. The number of rotatable bonds is 4. The van der Waals surface area contributed by atoms with Crippen LogP contribution in [0.5, 0.6) is 0 Å². The summed E-state index contributed by atoms with van der Waals surface area (Å²) >= 11 is 0. The fraction of sp³-hybridized carbons (Fsp3) is 0.800. The van der Waals surface area contributed by atoms with E-state index >= 15 is 0 Å². The predicted octanol–water partition coefficient (Wildman–Crippen LogP) is -0.594. The van der Waals surface area contributed by atoms with Gasteiger partial charge in [0.2, 0.25) is 0 Å². The van der Waals surface area contributed by atoms with Gasteiger partial charge in [-0.05, 0) is 20.8 Å². The molecule has 7 heteroatoms. The molecule has 0 fully saturated rings. The molecule has 0 saturated heterocycles. The van der Waals surface area contributed by atoms with Crippen molar-refractivity contribution in [2.24, 2.45) is 0 Å². The van der Waals surface area contributed by atoms with Gasteiger partial charge in [-0.1, -0.05) is 0 Å². The maximum atomic E-state index is 11.3. The van der Waals surface area contributed by atoms with Crippen molar-refractivity contribution in [3.05, 3.63) is 0 Å². The Morgan fingerprint density at radius 2 is 1.88 bits per heavy atom. The van der Waals surface area contributed by atoms with Crippen LogP contribution in [-0.2, 0) is 14.3 Å². The Morgan fingerprint density at radius 1 is 1.35 bits per heavy atom. The Hall–Kier alpha value is -1.34. The van der Waals surface area contributed by atoms with Crippen molar-refractivity contribution >= 4 is 12.1 Å². The number of ether oxygens (including phenoxy) is 2. The fourth-order valence-corrected chi connectivity index (χ4v) is 0.968. The highest BCUT2D eigenvalue weighted by molar-refractivity contribution is 5.76. The number of aliphatic hydroxyl groups is 2. The number of hydrogen-bond donors (Lipinski definition) is 3. The molecule has 0 aromatic rings. The summed E-state index contributed by atoms with van der Waals surface area (Å²) in [7, 11) is 1.09. The highest BCUT2D eigenvalue weighted by Gasteiger charge is 2.29. The minimum atomic E-state index is -1.64. The Bertz CT molecular complexity index is 272. The first-order chi connectivity index (χ1) is 7.71. The number of methoxy groups -OCH3 is 1. The van der Waals surface area contributed by atoms with Crippen LogP contribution in [0.2, 0.25) is 0 Å². The number of nitrogens with one attached hydrogen (secondary N) is 1. The molecule has 0 aliphatic rings. The third kappa shape index (κ3) is 6.08. The summed E-state index contributed by atoms with van der Waals surface area (Å²) in [5, 5.41) is 20.5. The molecule has 0 bridgehead atoms. The number of amides is 1.